The average molecular weight is 294 g/mol. The van der Waals surface area contributed by atoms with Gasteiger partial charge >= 0.3 is 5.97 Å². The van der Waals surface area contributed by atoms with Crippen LogP contribution in [0.1, 0.15) is 21.7 Å². The van der Waals surface area contributed by atoms with Crippen molar-refractivity contribution in [1.29, 1.82) is 0 Å². The number of halogens is 1. The molecular weight excluding hydrogens is 282 g/mol. The second kappa shape index (κ2) is 4.37. The average Bonchev–Trinajstić information content (AvgIpc) is 2.59. The molecule has 2 rings (SSSR count). The van der Waals surface area contributed by atoms with Gasteiger partial charge < -0.3 is 9.67 Å². The van der Waals surface area contributed by atoms with Crippen molar-refractivity contribution in [3.8, 4) is 5.69 Å². The number of carbonyl (C=O) groups is 1. The lowest BCUT2D eigenvalue weighted by atomic mass is 10.1. The van der Waals surface area contributed by atoms with Crippen LogP contribution < -0.4 is 0 Å². The van der Waals surface area contributed by atoms with Crippen LogP contribution in [0.4, 0.5) is 0 Å². The highest BCUT2D eigenvalue weighted by molar-refractivity contribution is 9.10. The molecule has 0 spiro atoms. The number of hydrogen-bond donors (Lipinski definition) is 1. The second-order valence-electron chi connectivity index (χ2n) is 3.89. The summed E-state index contributed by atoms with van der Waals surface area (Å²) in [5.74, 6) is -0.922. The van der Waals surface area contributed by atoms with Gasteiger partial charge in [-0.2, -0.15) is 0 Å². The number of hydrogen-bond acceptors (Lipinski definition) is 1. The van der Waals surface area contributed by atoms with Crippen molar-refractivity contribution in [2.45, 2.75) is 13.8 Å². The summed E-state index contributed by atoms with van der Waals surface area (Å²) in [4.78, 5) is 11.3. The molecule has 1 N–H and O–H groups in total. The van der Waals surface area contributed by atoms with Crippen molar-refractivity contribution < 1.29 is 9.90 Å². The molecule has 4 heteroatoms. The van der Waals surface area contributed by atoms with E-state index in [1.165, 1.54) is 0 Å². The highest BCUT2D eigenvalue weighted by Gasteiger charge is 2.16. The molecule has 0 atom stereocenters. The van der Waals surface area contributed by atoms with Crippen molar-refractivity contribution in [1.82, 2.24) is 4.57 Å². The zero-order chi connectivity index (χ0) is 12.6. The third kappa shape index (κ3) is 2.00. The Morgan fingerprint density at radius 2 is 1.76 bits per heavy atom. The predicted molar refractivity (Wildman–Crippen MR) is 69.9 cm³/mol. The molecule has 0 fully saturated rings. The summed E-state index contributed by atoms with van der Waals surface area (Å²) in [6.07, 6.45) is 0. The lowest BCUT2D eigenvalue weighted by molar-refractivity contribution is 0.0697. The number of aryl methyl sites for hydroxylation is 2. The zero-order valence-electron chi connectivity index (χ0n) is 9.57. The molecule has 0 radical (unpaired) electrons. The number of carboxylic acid groups (broad SMARTS) is 1. The van der Waals surface area contributed by atoms with Crippen LogP contribution in [0.3, 0.4) is 0 Å². The fraction of sp³-hybridized carbons (Fsp3) is 0.154. The molecule has 0 aliphatic carbocycles. The predicted octanol–water partition coefficient (Wildman–Crippen LogP) is 3.55. The molecule has 0 saturated carbocycles. The first kappa shape index (κ1) is 11.9. The summed E-state index contributed by atoms with van der Waals surface area (Å²) in [6.45, 7) is 3.91. The van der Waals surface area contributed by atoms with Crippen LogP contribution in [0, 0.1) is 13.8 Å². The van der Waals surface area contributed by atoms with E-state index in [0.29, 0.717) is 11.3 Å². The van der Waals surface area contributed by atoms with Crippen molar-refractivity contribution in [2.75, 3.05) is 0 Å². The standard InChI is InChI=1S/C13H12BrNO2/c1-8-6-7-9(2)15(8)12-10(13(16)17)4-3-5-11(12)14/h3-7H,1-2H3,(H,16,17). The van der Waals surface area contributed by atoms with Crippen molar-refractivity contribution >= 4 is 21.9 Å². The van der Waals surface area contributed by atoms with Crippen molar-refractivity contribution in [3.63, 3.8) is 0 Å². The van der Waals surface area contributed by atoms with Gasteiger partial charge in [0.1, 0.15) is 0 Å². The fourth-order valence-electron chi connectivity index (χ4n) is 1.94. The van der Waals surface area contributed by atoms with Crippen LogP contribution in [0.5, 0.6) is 0 Å². The molecule has 1 heterocycles. The topological polar surface area (TPSA) is 42.2 Å². The Labute approximate surface area is 108 Å². The highest BCUT2D eigenvalue weighted by atomic mass is 79.9. The maximum atomic E-state index is 11.3. The van der Waals surface area contributed by atoms with Gasteiger partial charge in [-0.1, -0.05) is 6.07 Å². The molecule has 1 aromatic carbocycles. The Bertz CT molecular complexity index is 568. The third-order valence-corrected chi connectivity index (χ3v) is 3.35. The minimum atomic E-state index is -0.922. The van der Waals surface area contributed by atoms with Gasteiger partial charge in [0, 0.05) is 15.9 Å². The van der Waals surface area contributed by atoms with Gasteiger partial charge in [-0.3, -0.25) is 0 Å². The number of aromatic nitrogens is 1. The lowest BCUT2D eigenvalue weighted by Crippen LogP contribution is -2.08. The van der Waals surface area contributed by atoms with Crippen LogP contribution in [0.15, 0.2) is 34.8 Å². The zero-order valence-corrected chi connectivity index (χ0v) is 11.2. The highest BCUT2D eigenvalue weighted by Crippen LogP contribution is 2.28. The fourth-order valence-corrected chi connectivity index (χ4v) is 2.48. The molecule has 17 heavy (non-hydrogen) atoms. The molecule has 1 aromatic heterocycles. The minimum Gasteiger partial charge on any atom is -0.478 e. The van der Waals surface area contributed by atoms with Gasteiger partial charge in [-0.25, -0.2) is 4.79 Å². The van der Waals surface area contributed by atoms with Gasteiger partial charge in [0.25, 0.3) is 0 Å². The smallest absolute Gasteiger partial charge is 0.337 e. The number of rotatable bonds is 2. The van der Waals surface area contributed by atoms with Gasteiger partial charge in [0.05, 0.1) is 11.3 Å². The number of benzene rings is 1. The van der Waals surface area contributed by atoms with E-state index in [1.807, 2.05) is 36.6 Å². The van der Waals surface area contributed by atoms with E-state index >= 15 is 0 Å². The monoisotopic (exact) mass is 293 g/mol. The normalized spacial score (nSPS) is 10.5. The molecule has 0 aliphatic rings. The van der Waals surface area contributed by atoms with Crippen LogP contribution in [0.25, 0.3) is 5.69 Å². The Hall–Kier alpha value is -1.55. The number of aromatic carboxylic acids is 1. The third-order valence-electron chi connectivity index (χ3n) is 2.71. The molecule has 0 aliphatic heterocycles. The maximum Gasteiger partial charge on any atom is 0.337 e. The summed E-state index contributed by atoms with van der Waals surface area (Å²) in [5.41, 5.74) is 3.00. The summed E-state index contributed by atoms with van der Waals surface area (Å²) in [7, 11) is 0. The van der Waals surface area contributed by atoms with Gasteiger partial charge in [0.15, 0.2) is 0 Å². The molecule has 0 amide bonds. The Balaban J connectivity index is 2.79. The first-order valence-corrected chi connectivity index (χ1v) is 5.99. The van der Waals surface area contributed by atoms with Crippen molar-refractivity contribution in [2.24, 2.45) is 0 Å². The molecule has 0 bridgehead atoms. The van der Waals surface area contributed by atoms with E-state index in [4.69, 9.17) is 0 Å². The Morgan fingerprint density at radius 1 is 1.18 bits per heavy atom. The van der Waals surface area contributed by atoms with E-state index < -0.39 is 5.97 Å². The first-order chi connectivity index (χ1) is 8.02. The summed E-state index contributed by atoms with van der Waals surface area (Å²) in [5, 5.41) is 9.24. The van der Waals surface area contributed by atoms with E-state index in [0.717, 1.165) is 15.9 Å². The molecule has 2 aromatic rings. The second-order valence-corrected chi connectivity index (χ2v) is 4.75. The molecule has 88 valence electrons. The maximum absolute atomic E-state index is 11.3. The number of para-hydroxylation sites is 1. The van der Waals surface area contributed by atoms with Gasteiger partial charge in [-0.15, -0.1) is 0 Å². The minimum absolute atomic E-state index is 0.293. The Morgan fingerprint density at radius 3 is 2.29 bits per heavy atom. The van der Waals surface area contributed by atoms with E-state index in [1.54, 1.807) is 12.1 Å². The summed E-state index contributed by atoms with van der Waals surface area (Å²) < 4.78 is 2.72. The first-order valence-electron chi connectivity index (χ1n) is 5.19. The lowest BCUT2D eigenvalue weighted by Gasteiger charge is -2.14. The number of nitrogens with zero attached hydrogens (tertiary/aromatic N) is 1. The quantitative estimate of drug-likeness (QED) is 0.920. The van der Waals surface area contributed by atoms with Crippen LogP contribution in [0.2, 0.25) is 0 Å². The SMILES string of the molecule is Cc1ccc(C)n1-c1c(Br)cccc1C(=O)O. The molecule has 0 saturated heterocycles. The summed E-state index contributed by atoms with van der Waals surface area (Å²) >= 11 is 3.42. The largest absolute Gasteiger partial charge is 0.478 e. The van der Waals surface area contributed by atoms with E-state index in [-0.39, 0.29) is 0 Å². The molecule has 3 nitrogen and oxygen atoms in total. The summed E-state index contributed by atoms with van der Waals surface area (Å²) in [6, 6.07) is 9.13. The molecular formula is C13H12BrNO2. The van der Waals surface area contributed by atoms with Crippen LogP contribution in [-0.2, 0) is 0 Å². The van der Waals surface area contributed by atoms with Crippen molar-refractivity contribution in [3.05, 3.63) is 51.8 Å². The van der Waals surface area contributed by atoms with E-state index in [2.05, 4.69) is 15.9 Å². The van der Waals surface area contributed by atoms with E-state index in [9.17, 15) is 9.90 Å². The van der Waals surface area contributed by atoms with Gasteiger partial charge in [-0.05, 0) is 54.0 Å². The Kier molecular flexibility index (Phi) is 3.07. The number of carboxylic acids is 1. The van der Waals surface area contributed by atoms with Gasteiger partial charge in [0.2, 0.25) is 0 Å². The van der Waals surface area contributed by atoms with Crippen LogP contribution >= 0.6 is 15.9 Å². The van der Waals surface area contributed by atoms with Crippen LogP contribution in [-0.4, -0.2) is 15.6 Å². The molecule has 0 unspecified atom stereocenters.